The van der Waals surface area contributed by atoms with Gasteiger partial charge in [0.25, 0.3) is 0 Å². The molecule has 4 heteroatoms. The molecule has 1 aliphatic carbocycles. The molecule has 1 heterocycles. The maximum absolute atomic E-state index is 9.56. The zero-order valence-electron chi connectivity index (χ0n) is 22.7. The lowest BCUT2D eigenvalue weighted by Gasteiger charge is -2.18. The first-order valence-corrected chi connectivity index (χ1v) is 15.3. The highest BCUT2D eigenvalue weighted by molar-refractivity contribution is 7.99. The Kier molecular flexibility index (Phi) is 10.6. The number of hydrogen-bond donors (Lipinski definition) is 0. The van der Waals surface area contributed by atoms with Crippen LogP contribution in [-0.2, 0) is 19.4 Å². The molecule has 0 spiro atoms. The van der Waals surface area contributed by atoms with Crippen LogP contribution in [0.15, 0.2) is 83.6 Å². The van der Waals surface area contributed by atoms with E-state index in [0.29, 0.717) is 6.54 Å². The summed E-state index contributed by atoms with van der Waals surface area (Å²) in [5.41, 5.74) is 8.66. The van der Waals surface area contributed by atoms with Gasteiger partial charge in [0.05, 0.1) is 10.6 Å². The van der Waals surface area contributed by atoms with E-state index in [0.717, 1.165) is 47.1 Å². The Hall–Kier alpha value is -2.87. The molecule has 2 aromatic carbocycles. The van der Waals surface area contributed by atoms with Crippen LogP contribution in [0.2, 0.25) is 0 Å². The maximum atomic E-state index is 9.56. The third-order valence-electron chi connectivity index (χ3n) is 7.23. The molecule has 0 N–H and O–H groups in total. The van der Waals surface area contributed by atoms with E-state index >= 15 is 0 Å². The van der Waals surface area contributed by atoms with Crippen LogP contribution < -0.4 is 0 Å². The van der Waals surface area contributed by atoms with Crippen LogP contribution in [-0.4, -0.2) is 10.3 Å². The summed E-state index contributed by atoms with van der Waals surface area (Å²) in [6, 6.07) is 17.6. The number of benzene rings is 2. The van der Waals surface area contributed by atoms with Crippen LogP contribution in [0.4, 0.5) is 0 Å². The molecule has 0 unspecified atom stereocenters. The average Bonchev–Trinajstić information content (AvgIpc) is 2.96. The molecule has 38 heavy (non-hydrogen) atoms. The quantitative estimate of drug-likeness (QED) is 0.130. The zero-order chi connectivity index (χ0) is 26.7. The predicted molar refractivity (Wildman–Crippen MR) is 166 cm³/mol. The Morgan fingerprint density at radius 1 is 0.947 bits per heavy atom. The number of allylic oxidation sites excluding steroid dienone is 3. The monoisotopic (exact) mass is 538 g/mol. The van der Waals surface area contributed by atoms with Gasteiger partial charge in [-0.25, -0.2) is 0 Å². The molecule has 0 aliphatic heterocycles. The van der Waals surface area contributed by atoms with Crippen molar-refractivity contribution in [2.75, 3.05) is 5.75 Å². The number of pyridine rings is 1. The van der Waals surface area contributed by atoms with Gasteiger partial charge < -0.3 is 4.57 Å². The zero-order valence-corrected chi connectivity index (χ0v) is 24.3. The van der Waals surface area contributed by atoms with Crippen molar-refractivity contribution in [2.45, 2.75) is 76.7 Å². The summed E-state index contributed by atoms with van der Waals surface area (Å²) in [5, 5.41) is 9.56. The van der Waals surface area contributed by atoms with Gasteiger partial charge in [0.15, 0.2) is 0 Å². The number of unbranched alkanes of at least 4 members (excludes halogenated alkanes) is 3. The highest BCUT2D eigenvalue weighted by Crippen LogP contribution is 2.37. The molecule has 0 atom stereocenters. The van der Waals surface area contributed by atoms with Gasteiger partial charge in [0.1, 0.15) is 6.54 Å². The number of aryl methyl sites for hydroxylation is 1. The fourth-order valence-electron chi connectivity index (χ4n) is 5.19. The molecule has 196 valence electrons. The van der Waals surface area contributed by atoms with Crippen LogP contribution in [0.1, 0.15) is 63.5 Å². The smallest absolute Gasteiger partial charge is 0.109 e. The SMILES string of the molecule is CCCCCCc1ccccc1-c1cn(CC#N)cc(-c2cccc(SCC3=CC=CCC3)c2CC)c1=S. The van der Waals surface area contributed by atoms with E-state index < -0.39 is 0 Å². The Balaban J connectivity index is 1.76. The van der Waals surface area contributed by atoms with Gasteiger partial charge >= 0.3 is 0 Å². The van der Waals surface area contributed by atoms with Gasteiger partial charge in [-0.3, -0.25) is 0 Å². The fourth-order valence-corrected chi connectivity index (χ4v) is 6.70. The van der Waals surface area contributed by atoms with Crippen molar-refractivity contribution in [1.82, 2.24) is 4.57 Å². The first-order chi connectivity index (χ1) is 18.7. The summed E-state index contributed by atoms with van der Waals surface area (Å²) in [6.07, 6.45) is 20.0. The van der Waals surface area contributed by atoms with Crippen LogP contribution in [0.3, 0.4) is 0 Å². The minimum absolute atomic E-state index is 0.297. The standard InChI is InChI=1S/C34H38N2S2/c1-3-5-6-10-16-27-17-11-12-18-29(27)31-23-36(22-21-35)24-32(34(31)37)30-19-13-20-33(28(30)4-2)38-25-26-14-8-7-9-15-26/h7-8,11-14,17-20,23-24H,3-6,9-10,15-16,22,25H2,1-2H3. The third-order valence-corrected chi connectivity index (χ3v) is 8.88. The van der Waals surface area contributed by atoms with Crippen molar-refractivity contribution in [1.29, 1.82) is 5.26 Å². The Bertz CT molecular complexity index is 1400. The molecule has 0 saturated carbocycles. The van der Waals surface area contributed by atoms with Gasteiger partial charge in [0, 0.05) is 34.2 Å². The van der Waals surface area contributed by atoms with Crippen molar-refractivity contribution >= 4 is 24.0 Å². The van der Waals surface area contributed by atoms with Crippen molar-refractivity contribution in [3.63, 3.8) is 0 Å². The van der Waals surface area contributed by atoms with Crippen molar-refractivity contribution < 1.29 is 0 Å². The number of nitriles is 1. The second-order valence-corrected chi connectivity index (χ2v) is 11.4. The number of rotatable bonds is 12. The highest BCUT2D eigenvalue weighted by atomic mass is 32.2. The minimum atomic E-state index is 0.297. The van der Waals surface area contributed by atoms with Gasteiger partial charge in [-0.1, -0.05) is 106 Å². The lowest BCUT2D eigenvalue weighted by Crippen LogP contribution is -2.02. The average molecular weight is 539 g/mol. The van der Waals surface area contributed by atoms with Gasteiger partial charge in [-0.05, 0) is 60.4 Å². The van der Waals surface area contributed by atoms with Crippen LogP contribution in [0, 0.1) is 15.8 Å². The summed E-state index contributed by atoms with van der Waals surface area (Å²) >= 11 is 8.14. The lowest BCUT2D eigenvalue weighted by atomic mass is 9.93. The summed E-state index contributed by atoms with van der Waals surface area (Å²) in [5.74, 6) is 1.02. The van der Waals surface area contributed by atoms with Gasteiger partial charge in [-0.15, -0.1) is 11.8 Å². The minimum Gasteiger partial charge on any atom is -0.339 e. The highest BCUT2D eigenvalue weighted by Gasteiger charge is 2.16. The molecule has 0 radical (unpaired) electrons. The molecule has 1 aromatic heterocycles. The number of aromatic nitrogens is 1. The Labute approximate surface area is 238 Å². The normalized spacial score (nSPS) is 12.8. The molecule has 3 aromatic rings. The molecular formula is C34H38N2S2. The van der Waals surface area contributed by atoms with Crippen molar-refractivity contribution in [3.8, 4) is 28.3 Å². The first kappa shape index (κ1) is 28.1. The molecule has 0 saturated heterocycles. The molecule has 0 bridgehead atoms. The third kappa shape index (κ3) is 6.95. The molecule has 0 fully saturated rings. The lowest BCUT2D eigenvalue weighted by molar-refractivity contribution is 0.667. The van der Waals surface area contributed by atoms with Crippen LogP contribution >= 0.6 is 24.0 Å². The summed E-state index contributed by atoms with van der Waals surface area (Å²) < 4.78 is 2.88. The first-order valence-electron chi connectivity index (χ1n) is 13.9. The number of thioether (sulfide) groups is 1. The Morgan fingerprint density at radius 2 is 1.74 bits per heavy atom. The van der Waals surface area contributed by atoms with Crippen molar-refractivity contribution in [3.05, 3.63) is 94.3 Å². The summed E-state index contributed by atoms with van der Waals surface area (Å²) in [4.78, 5) is 1.32. The largest absolute Gasteiger partial charge is 0.339 e. The number of nitrogens with zero attached hydrogens (tertiary/aromatic N) is 2. The van der Waals surface area contributed by atoms with Crippen molar-refractivity contribution in [2.24, 2.45) is 0 Å². The van der Waals surface area contributed by atoms with E-state index in [1.54, 1.807) is 0 Å². The fraction of sp³-hybridized carbons (Fsp3) is 0.353. The molecule has 0 amide bonds. The maximum Gasteiger partial charge on any atom is 0.109 e. The molecule has 1 aliphatic rings. The van der Waals surface area contributed by atoms with E-state index in [1.807, 2.05) is 16.3 Å². The second kappa shape index (κ2) is 14.3. The van der Waals surface area contributed by atoms with E-state index in [2.05, 4.69) is 93.0 Å². The predicted octanol–water partition coefficient (Wildman–Crippen LogP) is 10.1. The summed E-state index contributed by atoms with van der Waals surface area (Å²) in [6.45, 7) is 4.78. The van der Waals surface area contributed by atoms with Crippen LogP contribution in [0.5, 0.6) is 0 Å². The van der Waals surface area contributed by atoms with E-state index in [9.17, 15) is 5.26 Å². The Morgan fingerprint density at radius 3 is 2.47 bits per heavy atom. The van der Waals surface area contributed by atoms with Gasteiger partial charge in [0.2, 0.25) is 0 Å². The van der Waals surface area contributed by atoms with E-state index in [1.165, 1.54) is 58.4 Å². The number of hydrogen-bond acceptors (Lipinski definition) is 3. The topological polar surface area (TPSA) is 28.7 Å². The second-order valence-electron chi connectivity index (χ2n) is 9.93. The van der Waals surface area contributed by atoms with E-state index in [-0.39, 0.29) is 0 Å². The van der Waals surface area contributed by atoms with Gasteiger partial charge in [-0.2, -0.15) is 5.26 Å². The van der Waals surface area contributed by atoms with Crippen LogP contribution in [0.25, 0.3) is 22.3 Å². The molecule has 4 rings (SSSR count). The molecule has 2 nitrogen and oxygen atoms in total. The van der Waals surface area contributed by atoms with E-state index in [4.69, 9.17) is 12.2 Å². The summed E-state index contributed by atoms with van der Waals surface area (Å²) in [7, 11) is 0. The molecular weight excluding hydrogens is 501 g/mol.